The van der Waals surface area contributed by atoms with Gasteiger partial charge in [-0.1, -0.05) is 49.7 Å². The summed E-state index contributed by atoms with van der Waals surface area (Å²) in [4.78, 5) is 27.9. The first-order chi connectivity index (χ1) is 12.9. The molecule has 0 bridgehead atoms. The van der Waals surface area contributed by atoms with Crippen LogP contribution in [0.5, 0.6) is 0 Å². The van der Waals surface area contributed by atoms with Gasteiger partial charge in [-0.15, -0.1) is 10.2 Å². The fraction of sp³-hybridized carbons (Fsp3) is 0.300. The molecule has 2 N–H and O–H groups in total. The number of aromatic nitrogens is 4. The third-order valence-electron chi connectivity index (χ3n) is 5.09. The third-order valence-corrected chi connectivity index (χ3v) is 5.39. The fourth-order valence-electron chi connectivity index (χ4n) is 3.42. The largest absolute Gasteiger partial charge is 0.325 e. The Morgan fingerprint density at radius 2 is 1.85 bits per heavy atom. The first-order valence-corrected chi connectivity index (χ1v) is 9.27. The number of rotatable bonds is 4. The molecule has 0 amide bonds. The maximum Gasteiger partial charge on any atom is 0.325 e. The predicted molar refractivity (Wildman–Crippen MR) is 104 cm³/mol. The van der Waals surface area contributed by atoms with Crippen molar-refractivity contribution in [1.82, 2.24) is 20.2 Å². The zero-order valence-electron chi connectivity index (χ0n) is 15.0. The molecule has 1 aliphatic carbocycles. The molecular weight excluding hydrogens is 364 g/mol. The molecule has 2 atom stereocenters. The van der Waals surface area contributed by atoms with Gasteiger partial charge in [-0.05, 0) is 46.9 Å². The summed E-state index contributed by atoms with van der Waals surface area (Å²) in [6.45, 7) is 4.36. The first kappa shape index (κ1) is 17.7. The number of aromatic amines is 2. The lowest BCUT2D eigenvalue weighted by Gasteiger charge is -2.08. The summed E-state index contributed by atoms with van der Waals surface area (Å²) in [5.41, 5.74) is 3.08. The lowest BCUT2D eigenvalue weighted by molar-refractivity contribution is 0.864. The predicted octanol–water partition coefficient (Wildman–Crippen LogP) is 3.57. The molecule has 2 unspecified atom stereocenters. The Morgan fingerprint density at radius 3 is 2.52 bits per heavy atom. The second-order valence-electron chi connectivity index (χ2n) is 7.23. The van der Waals surface area contributed by atoms with Crippen molar-refractivity contribution < 1.29 is 0 Å². The van der Waals surface area contributed by atoms with Crippen LogP contribution < -0.4 is 11.2 Å². The molecule has 0 spiro atoms. The molecule has 1 fully saturated rings. The Kier molecular flexibility index (Phi) is 4.44. The van der Waals surface area contributed by atoms with Gasteiger partial charge in [0, 0.05) is 6.20 Å². The molecule has 1 saturated carbocycles. The van der Waals surface area contributed by atoms with E-state index in [2.05, 4.69) is 58.3 Å². The van der Waals surface area contributed by atoms with Crippen molar-refractivity contribution in [2.45, 2.75) is 38.0 Å². The zero-order valence-corrected chi connectivity index (χ0v) is 15.7. The zero-order chi connectivity index (χ0) is 19.1. The van der Waals surface area contributed by atoms with Gasteiger partial charge in [-0.3, -0.25) is 9.78 Å². The van der Waals surface area contributed by atoms with Gasteiger partial charge >= 0.3 is 5.69 Å². The van der Waals surface area contributed by atoms with Crippen LogP contribution in [0.15, 0.2) is 46.1 Å². The van der Waals surface area contributed by atoms with Gasteiger partial charge in [-0.2, -0.15) is 0 Å². The van der Waals surface area contributed by atoms with Crippen LogP contribution in [0, 0.1) is 0 Å². The molecule has 0 radical (unpaired) electrons. The Hall–Kier alpha value is -2.73. The third kappa shape index (κ3) is 3.45. The number of hydrogen-bond acceptors (Lipinski definition) is 4. The highest BCUT2D eigenvalue weighted by atomic mass is 35.5. The van der Waals surface area contributed by atoms with E-state index < -0.39 is 11.2 Å². The highest BCUT2D eigenvalue weighted by Gasteiger charge is 2.41. The summed E-state index contributed by atoms with van der Waals surface area (Å²) in [6, 6.07) is 10.5. The normalized spacial score (nSPS) is 18.7. The maximum absolute atomic E-state index is 12.0. The van der Waals surface area contributed by atoms with E-state index in [4.69, 9.17) is 11.6 Å². The molecule has 6 nitrogen and oxygen atoms in total. The van der Waals surface area contributed by atoms with E-state index in [0.717, 1.165) is 12.0 Å². The molecule has 2 heterocycles. The molecule has 1 aromatic carbocycles. The summed E-state index contributed by atoms with van der Waals surface area (Å²) in [5.74, 6) is 1.14. The summed E-state index contributed by atoms with van der Waals surface area (Å²) in [5, 5.41) is 8.38. The highest BCUT2D eigenvalue weighted by molar-refractivity contribution is 6.30. The standard InChI is InChI=1S/C20H19ClN4O2/c1-10(2)11-3-5-12(6-4-11)13-7-14(13)15-8-17(24-25-18(15)21)16-9-22-20(27)23-19(16)26/h3-6,8-10,13-14H,7H2,1-2H3,(H2,22,23,26,27). The Bertz CT molecular complexity index is 1100. The van der Waals surface area contributed by atoms with Crippen LogP contribution in [0.2, 0.25) is 5.15 Å². The van der Waals surface area contributed by atoms with E-state index >= 15 is 0 Å². The van der Waals surface area contributed by atoms with Gasteiger partial charge in [0.25, 0.3) is 5.56 Å². The maximum atomic E-state index is 12.0. The fourth-order valence-corrected chi connectivity index (χ4v) is 3.65. The van der Waals surface area contributed by atoms with E-state index in [0.29, 0.717) is 22.7 Å². The average Bonchev–Trinajstić information content (AvgIpc) is 3.43. The molecule has 0 saturated heterocycles. The molecule has 7 heteroatoms. The van der Waals surface area contributed by atoms with E-state index in [1.807, 2.05) is 0 Å². The molecule has 0 aliphatic heterocycles. The van der Waals surface area contributed by atoms with Crippen LogP contribution >= 0.6 is 11.6 Å². The van der Waals surface area contributed by atoms with Gasteiger partial charge in [-0.25, -0.2) is 4.79 Å². The number of hydrogen-bond donors (Lipinski definition) is 2. The smallest absolute Gasteiger partial charge is 0.313 e. The van der Waals surface area contributed by atoms with Gasteiger partial charge in [0.2, 0.25) is 0 Å². The van der Waals surface area contributed by atoms with Crippen LogP contribution in [0.1, 0.15) is 54.7 Å². The molecule has 3 aromatic rings. The van der Waals surface area contributed by atoms with Crippen molar-refractivity contribution in [1.29, 1.82) is 0 Å². The van der Waals surface area contributed by atoms with Crippen molar-refractivity contribution in [2.24, 2.45) is 0 Å². The van der Waals surface area contributed by atoms with Crippen molar-refractivity contribution in [2.75, 3.05) is 0 Å². The number of halogens is 1. The van der Waals surface area contributed by atoms with Crippen LogP contribution in [0.4, 0.5) is 0 Å². The number of benzene rings is 1. The number of nitrogens with zero attached hydrogens (tertiary/aromatic N) is 2. The quantitative estimate of drug-likeness (QED) is 0.721. The Morgan fingerprint density at radius 1 is 1.11 bits per heavy atom. The SMILES string of the molecule is CC(C)c1ccc(C2CC2c2cc(-c3c[nH]c(=O)[nH]c3=O)nnc2Cl)cc1. The van der Waals surface area contributed by atoms with E-state index in [-0.39, 0.29) is 11.5 Å². The van der Waals surface area contributed by atoms with Gasteiger partial charge in [0.05, 0.1) is 5.56 Å². The van der Waals surface area contributed by atoms with E-state index in [1.165, 1.54) is 17.3 Å². The minimum absolute atomic E-state index is 0.249. The van der Waals surface area contributed by atoms with Crippen molar-refractivity contribution in [3.8, 4) is 11.3 Å². The monoisotopic (exact) mass is 382 g/mol. The second kappa shape index (κ2) is 6.78. The summed E-state index contributed by atoms with van der Waals surface area (Å²) in [7, 11) is 0. The number of nitrogens with one attached hydrogen (secondary N) is 2. The van der Waals surface area contributed by atoms with Crippen molar-refractivity contribution in [3.05, 3.63) is 79.2 Å². The molecule has 138 valence electrons. The van der Waals surface area contributed by atoms with Crippen molar-refractivity contribution >= 4 is 11.6 Å². The average molecular weight is 383 g/mol. The summed E-state index contributed by atoms with van der Waals surface area (Å²) >= 11 is 6.29. The minimum Gasteiger partial charge on any atom is -0.313 e. The lowest BCUT2D eigenvalue weighted by Crippen LogP contribution is -2.23. The number of H-pyrrole nitrogens is 2. The van der Waals surface area contributed by atoms with Crippen LogP contribution in [0.3, 0.4) is 0 Å². The van der Waals surface area contributed by atoms with Crippen LogP contribution in [-0.4, -0.2) is 20.2 Å². The van der Waals surface area contributed by atoms with E-state index in [1.54, 1.807) is 6.07 Å². The van der Waals surface area contributed by atoms with Gasteiger partial charge in [0.1, 0.15) is 5.69 Å². The molecule has 27 heavy (non-hydrogen) atoms. The van der Waals surface area contributed by atoms with Gasteiger partial charge < -0.3 is 4.98 Å². The van der Waals surface area contributed by atoms with Crippen molar-refractivity contribution in [3.63, 3.8) is 0 Å². The Labute approximate surface area is 160 Å². The van der Waals surface area contributed by atoms with Gasteiger partial charge in [0.15, 0.2) is 5.15 Å². The Balaban J connectivity index is 1.63. The second-order valence-corrected chi connectivity index (χ2v) is 7.59. The van der Waals surface area contributed by atoms with E-state index in [9.17, 15) is 9.59 Å². The van der Waals surface area contributed by atoms with Crippen LogP contribution in [-0.2, 0) is 0 Å². The molecule has 4 rings (SSSR count). The highest BCUT2D eigenvalue weighted by Crippen LogP contribution is 2.56. The lowest BCUT2D eigenvalue weighted by atomic mass is 9.99. The van der Waals surface area contributed by atoms with Crippen LogP contribution in [0.25, 0.3) is 11.3 Å². The summed E-state index contributed by atoms with van der Waals surface area (Å²) in [6.07, 6.45) is 2.33. The molecular formula is C20H19ClN4O2. The minimum atomic E-state index is -0.557. The first-order valence-electron chi connectivity index (χ1n) is 8.89. The molecule has 1 aliphatic rings. The summed E-state index contributed by atoms with van der Waals surface area (Å²) < 4.78 is 0. The topological polar surface area (TPSA) is 91.5 Å². The molecule has 2 aromatic heterocycles.